The minimum Gasteiger partial charge on any atom is -0.497 e. The largest absolute Gasteiger partial charge is 0.497 e. The Morgan fingerprint density at radius 3 is 3.11 bits per heavy atom. The minimum atomic E-state index is 0.132. The van der Waals surface area contributed by atoms with Crippen LogP contribution in [0.2, 0.25) is 0 Å². The standard InChI is InChI=1S/C14H20N2O2/c1-3-14(17)15-11-7-8-16(10-11)12-5-4-6-13(9-12)18-2/h4-6,9,11H,3,7-8,10H2,1-2H3,(H,15,17)/t11-/m0/s1. The highest BCUT2D eigenvalue weighted by atomic mass is 16.5. The molecular formula is C14H20N2O2. The number of amides is 1. The molecule has 4 heteroatoms. The third kappa shape index (κ3) is 2.94. The molecule has 0 bridgehead atoms. The van der Waals surface area contributed by atoms with E-state index >= 15 is 0 Å². The van der Waals surface area contributed by atoms with Gasteiger partial charge in [-0.2, -0.15) is 0 Å². The fourth-order valence-corrected chi connectivity index (χ4v) is 2.25. The lowest BCUT2D eigenvalue weighted by Gasteiger charge is -2.19. The normalized spacial score (nSPS) is 18.8. The molecule has 1 heterocycles. The number of benzene rings is 1. The van der Waals surface area contributed by atoms with Crippen LogP contribution in [0, 0.1) is 0 Å². The molecular weight excluding hydrogens is 228 g/mol. The van der Waals surface area contributed by atoms with Crippen LogP contribution in [0.5, 0.6) is 5.75 Å². The summed E-state index contributed by atoms with van der Waals surface area (Å²) in [6, 6.07) is 8.31. The van der Waals surface area contributed by atoms with Crippen LogP contribution < -0.4 is 15.0 Å². The van der Waals surface area contributed by atoms with Crippen molar-refractivity contribution < 1.29 is 9.53 Å². The molecule has 18 heavy (non-hydrogen) atoms. The number of anilines is 1. The zero-order valence-electron chi connectivity index (χ0n) is 11.0. The Hall–Kier alpha value is -1.71. The maximum atomic E-state index is 11.4. The summed E-state index contributed by atoms with van der Waals surface area (Å²) in [6.45, 7) is 3.73. The van der Waals surface area contributed by atoms with E-state index < -0.39 is 0 Å². The fraction of sp³-hybridized carbons (Fsp3) is 0.500. The number of nitrogens with one attached hydrogen (secondary N) is 1. The molecule has 2 rings (SSSR count). The molecule has 0 unspecified atom stereocenters. The van der Waals surface area contributed by atoms with Gasteiger partial charge in [0, 0.05) is 37.3 Å². The van der Waals surface area contributed by atoms with Gasteiger partial charge in [0.2, 0.25) is 5.91 Å². The van der Waals surface area contributed by atoms with E-state index in [4.69, 9.17) is 4.74 Å². The number of ether oxygens (including phenoxy) is 1. The van der Waals surface area contributed by atoms with Crippen molar-refractivity contribution >= 4 is 11.6 Å². The van der Waals surface area contributed by atoms with Gasteiger partial charge in [-0.15, -0.1) is 0 Å². The van der Waals surface area contributed by atoms with Gasteiger partial charge in [-0.05, 0) is 18.6 Å². The molecule has 0 saturated carbocycles. The molecule has 0 radical (unpaired) electrons. The van der Waals surface area contributed by atoms with Gasteiger partial charge in [0.25, 0.3) is 0 Å². The predicted octanol–water partition coefficient (Wildman–Crippen LogP) is 1.80. The number of hydrogen-bond acceptors (Lipinski definition) is 3. The lowest BCUT2D eigenvalue weighted by Crippen LogP contribution is -2.36. The molecule has 1 atom stereocenters. The van der Waals surface area contributed by atoms with Crippen molar-refractivity contribution in [1.29, 1.82) is 0 Å². The summed E-state index contributed by atoms with van der Waals surface area (Å²) in [5.41, 5.74) is 1.16. The van der Waals surface area contributed by atoms with Gasteiger partial charge in [-0.1, -0.05) is 13.0 Å². The highest BCUT2D eigenvalue weighted by Gasteiger charge is 2.23. The Bertz CT molecular complexity index is 420. The van der Waals surface area contributed by atoms with E-state index in [1.165, 1.54) is 0 Å². The van der Waals surface area contributed by atoms with Crippen LogP contribution in [0.4, 0.5) is 5.69 Å². The first-order valence-electron chi connectivity index (χ1n) is 6.41. The molecule has 1 amide bonds. The van der Waals surface area contributed by atoms with Crippen LogP contribution in [-0.4, -0.2) is 32.1 Å². The van der Waals surface area contributed by atoms with Crippen LogP contribution in [0.1, 0.15) is 19.8 Å². The number of rotatable bonds is 4. The van der Waals surface area contributed by atoms with Crippen LogP contribution in [-0.2, 0) is 4.79 Å². The lowest BCUT2D eigenvalue weighted by atomic mass is 10.2. The number of nitrogens with zero attached hydrogens (tertiary/aromatic N) is 1. The topological polar surface area (TPSA) is 41.6 Å². The van der Waals surface area contributed by atoms with Crippen LogP contribution >= 0.6 is 0 Å². The summed E-state index contributed by atoms with van der Waals surface area (Å²) in [7, 11) is 1.67. The number of carbonyl (C=O) groups is 1. The quantitative estimate of drug-likeness (QED) is 0.883. The van der Waals surface area contributed by atoms with E-state index in [-0.39, 0.29) is 11.9 Å². The van der Waals surface area contributed by atoms with Crippen molar-refractivity contribution in [1.82, 2.24) is 5.32 Å². The van der Waals surface area contributed by atoms with Crippen LogP contribution in [0.3, 0.4) is 0 Å². The molecule has 0 aliphatic carbocycles. The van der Waals surface area contributed by atoms with E-state index in [0.717, 1.165) is 30.9 Å². The van der Waals surface area contributed by atoms with Gasteiger partial charge in [0.1, 0.15) is 5.75 Å². The summed E-state index contributed by atoms with van der Waals surface area (Å²) in [6.07, 6.45) is 1.55. The van der Waals surface area contributed by atoms with Gasteiger partial charge in [-0.3, -0.25) is 4.79 Å². The Balaban J connectivity index is 1.97. The van der Waals surface area contributed by atoms with E-state index in [1.807, 2.05) is 25.1 Å². The smallest absolute Gasteiger partial charge is 0.219 e. The van der Waals surface area contributed by atoms with Crippen molar-refractivity contribution in [2.24, 2.45) is 0 Å². The molecule has 1 N–H and O–H groups in total. The van der Waals surface area contributed by atoms with E-state index in [9.17, 15) is 4.79 Å². The van der Waals surface area contributed by atoms with E-state index in [0.29, 0.717) is 6.42 Å². The molecule has 1 aromatic carbocycles. The molecule has 0 spiro atoms. The number of carbonyl (C=O) groups excluding carboxylic acids is 1. The molecule has 0 aromatic heterocycles. The molecule has 98 valence electrons. The third-order valence-corrected chi connectivity index (χ3v) is 3.29. The first-order valence-corrected chi connectivity index (χ1v) is 6.41. The molecule has 1 aromatic rings. The van der Waals surface area contributed by atoms with E-state index in [2.05, 4.69) is 16.3 Å². The number of methoxy groups -OCH3 is 1. The summed E-state index contributed by atoms with van der Waals surface area (Å²) in [5.74, 6) is 1.00. The molecule has 1 fully saturated rings. The second kappa shape index (κ2) is 5.76. The monoisotopic (exact) mass is 248 g/mol. The van der Waals surface area contributed by atoms with Crippen molar-refractivity contribution in [2.75, 3.05) is 25.1 Å². The van der Waals surface area contributed by atoms with Gasteiger partial charge in [-0.25, -0.2) is 0 Å². The first-order chi connectivity index (χ1) is 8.72. The van der Waals surface area contributed by atoms with Crippen LogP contribution in [0.15, 0.2) is 24.3 Å². The summed E-state index contributed by atoms with van der Waals surface area (Å²) < 4.78 is 5.23. The Morgan fingerprint density at radius 2 is 2.39 bits per heavy atom. The second-order valence-electron chi connectivity index (χ2n) is 4.55. The number of hydrogen-bond donors (Lipinski definition) is 1. The highest BCUT2D eigenvalue weighted by molar-refractivity contribution is 5.76. The lowest BCUT2D eigenvalue weighted by molar-refractivity contribution is -0.121. The molecule has 1 saturated heterocycles. The Morgan fingerprint density at radius 1 is 1.56 bits per heavy atom. The predicted molar refractivity (Wildman–Crippen MR) is 72.0 cm³/mol. The zero-order chi connectivity index (χ0) is 13.0. The third-order valence-electron chi connectivity index (χ3n) is 3.29. The SMILES string of the molecule is CCC(=O)N[C@H]1CCN(c2cccc(OC)c2)C1. The second-order valence-corrected chi connectivity index (χ2v) is 4.55. The van der Waals surface area contributed by atoms with Crippen LogP contribution in [0.25, 0.3) is 0 Å². The zero-order valence-corrected chi connectivity index (χ0v) is 11.0. The van der Waals surface area contributed by atoms with Gasteiger partial charge >= 0.3 is 0 Å². The van der Waals surface area contributed by atoms with Crippen molar-refractivity contribution in [3.63, 3.8) is 0 Å². The average Bonchev–Trinajstić information content (AvgIpc) is 2.87. The first kappa shape index (κ1) is 12.7. The van der Waals surface area contributed by atoms with Crippen molar-refractivity contribution in [2.45, 2.75) is 25.8 Å². The molecule has 1 aliphatic heterocycles. The Kier molecular flexibility index (Phi) is 4.07. The maximum Gasteiger partial charge on any atom is 0.219 e. The summed E-state index contributed by atoms with van der Waals surface area (Å²) in [5, 5.41) is 3.05. The van der Waals surface area contributed by atoms with Crippen molar-refractivity contribution in [3.8, 4) is 5.75 Å². The molecule has 4 nitrogen and oxygen atoms in total. The highest BCUT2D eigenvalue weighted by Crippen LogP contribution is 2.24. The average molecular weight is 248 g/mol. The van der Waals surface area contributed by atoms with Crippen molar-refractivity contribution in [3.05, 3.63) is 24.3 Å². The molecule has 1 aliphatic rings. The Labute approximate surface area is 108 Å². The summed E-state index contributed by atoms with van der Waals surface area (Å²) >= 11 is 0. The van der Waals surface area contributed by atoms with E-state index in [1.54, 1.807) is 7.11 Å². The minimum absolute atomic E-state index is 0.132. The van der Waals surface area contributed by atoms with Gasteiger partial charge in [0.15, 0.2) is 0 Å². The fourth-order valence-electron chi connectivity index (χ4n) is 2.25. The maximum absolute atomic E-state index is 11.4. The van der Waals surface area contributed by atoms with Gasteiger partial charge in [0.05, 0.1) is 7.11 Å². The summed E-state index contributed by atoms with van der Waals surface area (Å²) in [4.78, 5) is 13.6. The van der Waals surface area contributed by atoms with Gasteiger partial charge < -0.3 is 15.0 Å².